The molecule has 0 aromatic carbocycles. The molecule has 0 radical (unpaired) electrons. The largest absolute Gasteiger partial charge is 0.390 e. The lowest BCUT2D eigenvalue weighted by molar-refractivity contribution is 0.0662. The van der Waals surface area contributed by atoms with Gasteiger partial charge in [-0.25, -0.2) is 0 Å². The summed E-state index contributed by atoms with van der Waals surface area (Å²) < 4.78 is 2.09. The molecule has 86 valence electrons. The van der Waals surface area contributed by atoms with Gasteiger partial charge in [-0.05, 0) is 38.3 Å². The Labute approximate surface area is 91.9 Å². The fourth-order valence-corrected chi connectivity index (χ4v) is 1.46. The number of aliphatic hydroxyl groups is 1. The van der Waals surface area contributed by atoms with Crippen molar-refractivity contribution in [2.24, 2.45) is 5.73 Å². The van der Waals surface area contributed by atoms with Crippen molar-refractivity contribution in [1.29, 1.82) is 0 Å². The van der Waals surface area contributed by atoms with Crippen LogP contribution in [0, 0.1) is 0 Å². The third kappa shape index (κ3) is 4.06. The molecular weight excluding hydrogens is 188 g/mol. The van der Waals surface area contributed by atoms with Crippen LogP contribution < -0.4 is 5.73 Å². The van der Waals surface area contributed by atoms with E-state index in [1.54, 1.807) is 0 Å². The van der Waals surface area contributed by atoms with Gasteiger partial charge in [0.1, 0.15) is 0 Å². The van der Waals surface area contributed by atoms with E-state index in [9.17, 15) is 5.11 Å². The van der Waals surface area contributed by atoms with Gasteiger partial charge < -0.3 is 15.4 Å². The fourth-order valence-electron chi connectivity index (χ4n) is 1.46. The molecule has 0 fully saturated rings. The predicted octanol–water partition coefficient (Wildman–Crippen LogP) is 2.06. The zero-order chi connectivity index (χ0) is 11.5. The summed E-state index contributed by atoms with van der Waals surface area (Å²) in [6, 6.07) is 2.19. The zero-order valence-electron chi connectivity index (χ0n) is 9.90. The Hall–Kier alpha value is -0.800. The molecule has 3 N–H and O–H groups in total. The third-order valence-corrected chi connectivity index (χ3v) is 2.62. The molecule has 3 nitrogen and oxygen atoms in total. The molecule has 0 aliphatic heterocycles. The fraction of sp³-hybridized carbons (Fsp3) is 0.667. The topological polar surface area (TPSA) is 51.2 Å². The summed E-state index contributed by atoms with van der Waals surface area (Å²) in [6.45, 7) is 6.57. The maximum absolute atomic E-state index is 9.60. The Bertz CT molecular complexity index is 299. The quantitative estimate of drug-likeness (QED) is 0.781. The van der Waals surface area contributed by atoms with Crippen LogP contribution in [-0.2, 0) is 6.54 Å². The minimum atomic E-state index is -0.600. The molecule has 1 heterocycles. The number of nitrogens with zero attached hydrogens (tertiary/aromatic N) is 1. The summed E-state index contributed by atoms with van der Waals surface area (Å²) in [6.07, 6.45) is 5.80. The lowest BCUT2D eigenvalue weighted by Gasteiger charge is -2.17. The van der Waals surface area contributed by atoms with Crippen LogP contribution in [0.4, 0.5) is 0 Å². The molecule has 1 aromatic heterocycles. The van der Waals surface area contributed by atoms with Gasteiger partial charge in [-0.3, -0.25) is 0 Å². The summed E-state index contributed by atoms with van der Waals surface area (Å²) in [5, 5.41) is 9.60. The summed E-state index contributed by atoms with van der Waals surface area (Å²) in [5.74, 6) is 0. The first-order valence-electron chi connectivity index (χ1n) is 5.56. The van der Waals surface area contributed by atoms with Crippen LogP contribution >= 0.6 is 0 Å². The van der Waals surface area contributed by atoms with Crippen molar-refractivity contribution in [2.45, 2.75) is 51.8 Å². The molecule has 1 unspecified atom stereocenters. The van der Waals surface area contributed by atoms with Gasteiger partial charge in [0.15, 0.2) is 0 Å². The Morgan fingerprint density at radius 2 is 2.20 bits per heavy atom. The van der Waals surface area contributed by atoms with Crippen molar-refractivity contribution in [2.75, 3.05) is 0 Å². The van der Waals surface area contributed by atoms with Gasteiger partial charge in [0.05, 0.1) is 5.60 Å². The molecule has 1 aromatic rings. The average Bonchev–Trinajstić information content (AvgIpc) is 2.61. The maximum atomic E-state index is 9.60. The van der Waals surface area contributed by atoms with Crippen LogP contribution in [0.1, 0.15) is 45.2 Å². The van der Waals surface area contributed by atoms with Crippen LogP contribution in [0.5, 0.6) is 0 Å². The third-order valence-electron chi connectivity index (χ3n) is 2.62. The highest BCUT2D eigenvalue weighted by Gasteiger charge is 2.12. The summed E-state index contributed by atoms with van der Waals surface area (Å²) >= 11 is 0. The second-order valence-electron chi connectivity index (χ2n) is 4.76. The molecule has 0 amide bonds. The van der Waals surface area contributed by atoms with Gasteiger partial charge >= 0.3 is 0 Å². The molecule has 0 spiro atoms. The molecule has 3 heteroatoms. The summed E-state index contributed by atoms with van der Waals surface area (Å²) in [7, 11) is 0. The molecule has 1 atom stereocenters. The highest BCUT2D eigenvalue weighted by molar-refractivity contribution is 5.14. The SMILES string of the molecule is CCC(N)c1ccn(CCC(C)(C)O)c1. The number of hydrogen-bond acceptors (Lipinski definition) is 2. The van der Waals surface area contributed by atoms with E-state index >= 15 is 0 Å². The standard InChI is InChI=1S/C12H22N2O/c1-4-11(13)10-5-7-14(9-10)8-6-12(2,3)15/h5,7,9,11,15H,4,6,8,13H2,1-3H3. The smallest absolute Gasteiger partial charge is 0.0608 e. The second kappa shape index (κ2) is 4.81. The van der Waals surface area contributed by atoms with Crippen molar-refractivity contribution in [3.05, 3.63) is 24.0 Å². The van der Waals surface area contributed by atoms with Crippen LogP contribution in [0.15, 0.2) is 18.5 Å². The lowest BCUT2D eigenvalue weighted by Crippen LogP contribution is -2.20. The van der Waals surface area contributed by atoms with E-state index in [0.717, 1.165) is 19.4 Å². The van der Waals surface area contributed by atoms with Crippen LogP contribution in [0.2, 0.25) is 0 Å². The summed E-state index contributed by atoms with van der Waals surface area (Å²) in [4.78, 5) is 0. The van der Waals surface area contributed by atoms with E-state index in [0.29, 0.717) is 0 Å². The van der Waals surface area contributed by atoms with E-state index in [1.165, 1.54) is 5.56 Å². The van der Waals surface area contributed by atoms with Gasteiger partial charge in [0.25, 0.3) is 0 Å². The van der Waals surface area contributed by atoms with E-state index in [1.807, 2.05) is 20.0 Å². The number of hydrogen-bond donors (Lipinski definition) is 2. The Morgan fingerprint density at radius 3 is 2.73 bits per heavy atom. The molecule has 0 aliphatic carbocycles. The van der Waals surface area contributed by atoms with Gasteiger partial charge in [-0.15, -0.1) is 0 Å². The average molecular weight is 210 g/mol. The van der Waals surface area contributed by atoms with E-state index in [2.05, 4.69) is 23.8 Å². The van der Waals surface area contributed by atoms with Crippen molar-refractivity contribution in [1.82, 2.24) is 4.57 Å². The Morgan fingerprint density at radius 1 is 1.53 bits per heavy atom. The van der Waals surface area contributed by atoms with E-state index in [-0.39, 0.29) is 6.04 Å². The molecule has 1 rings (SSSR count). The molecule has 15 heavy (non-hydrogen) atoms. The molecule has 0 saturated heterocycles. The highest BCUT2D eigenvalue weighted by Crippen LogP contribution is 2.15. The normalized spacial score (nSPS) is 14.2. The van der Waals surface area contributed by atoms with Gasteiger partial charge in [-0.2, -0.15) is 0 Å². The number of rotatable bonds is 5. The predicted molar refractivity (Wildman–Crippen MR) is 62.6 cm³/mol. The minimum absolute atomic E-state index is 0.133. The first kappa shape index (κ1) is 12.3. The number of aryl methyl sites for hydroxylation is 1. The lowest BCUT2D eigenvalue weighted by atomic mass is 10.1. The van der Waals surface area contributed by atoms with Gasteiger partial charge in [0, 0.05) is 25.0 Å². The van der Waals surface area contributed by atoms with Gasteiger partial charge in [-0.1, -0.05) is 6.92 Å². The summed E-state index contributed by atoms with van der Waals surface area (Å²) in [5.41, 5.74) is 6.50. The van der Waals surface area contributed by atoms with Crippen LogP contribution in [-0.4, -0.2) is 15.3 Å². The first-order valence-corrected chi connectivity index (χ1v) is 5.56. The first-order chi connectivity index (χ1) is 6.92. The van der Waals surface area contributed by atoms with Crippen LogP contribution in [0.25, 0.3) is 0 Å². The van der Waals surface area contributed by atoms with Crippen molar-refractivity contribution < 1.29 is 5.11 Å². The van der Waals surface area contributed by atoms with E-state index in [4.69, 9.17) is 5.73 Å². The molecule has 0 aliphatic rings. The maximum Gasteiger partial charge on any atom is 0.0608 e. The highest BCUT2D eigenvalue weighted by atomic mass is 16.3. The zero-order valence-corrected chi connectivity index (χ0v) is 9.90. The molecule has 0 bridgehead atoms. The van der Waals surface area contributed by atoms with Crippen molar-refractivity contribution >= 4 is 0 Å². The van der Waals surface area contributed by atoms with Crippen molar-refractivity contribution in [3.63, 3.8) is 0 Å². The minimum Gasteiger partial charge on any atom is -0.390 e. The van der Waals surface area contributed by atoms with E-state index < -0.39 is 5.60 Å². The molecule has 0 saturated carbocycles. The monoisotopic (exact) mass is 210 g/mol. The Kier molecular flexibility index (Phi) is 3.94. The van der Waals surface area contributed by atoms with Crippen LogP contribution in [0.3, 0.4) is 0 Å². The number of aromatic nitrogens is 1. The number of nitrogens with two attached hydrogens (primary N) is 1. The van der Waals surface area contributed by atoms with Crippen molar-refractivity contribution in [3.8, 4) is 0 Å². The molecular formula is C12H22N2O. The second-order valence-corrected chi connectivity index (χ2v) is 4.76. The Balaban J connectivity index is 2.53. The van der Waals surface area contributed by atoms with Gasteiger partial charge in [0.2, 0.25) is 0 Å².